The average molecular weight is 355 g/mol. The van der Waals surface area contributed by atoms with Gasteiger partial charge in [-0.05, 0) is 69.2 Å². The van der Waals surface area contributed by atoms with Crippen LogP contribution in [-0.2, 0) is 14.6 Å². The largest absolute Gasteiger partial charge is 0.341 e. The molecule has 5 nitrogen and oxygen atoms in total. The molecule has 0 aromatic carbocycles. The number of rotatable bonds is 4. The molecule has 4 aliphatic carbocycles. The van der Waals surface area contributed by atoms with Crippen molar-refractivity contribution in [1.29, 1.82) is 0 Å². The second-order valence-electron chi connectivity index (χ2n) is 8.90. The van der Waals surface area contributed by atoms with Gasteiger partial charge in [0, 0.05) is 19.1 Å². The first-order valence-electron chi connectivity index (χ1n) is 9.48. The molecule has 1 heterocycles. The van der Waals surface area contributed by atoms with Crippen molar-refractivity contribution in [2.45, 2.75) is 50.6 Å². The highest BCUT2D eigenvalue weighted by molar-refractivity contribution is 7.91. The van der Waals surface area contributed by atoms with Crippen molar-refractivity contribution in [3.05, 3.63) is 0 Å². The molecule has 1 atom stereocenters. The minimum Gasteiger partial charge on any atom is -0.341 e. The summed E-state index contributed by atoms with van der Waals surface area (Å²) in [6.45, 7) is 0.347. The SMILES string of the molecule is CN(CC(=O)N(C)C1C2CC3CC(C2)CC1C3)C1CCS(=O)(=O)C1. The van der Waals surface area contributed by atoms with Crippen LogP contribution in [0.2, 0.25) is 0 Å². The molecular weight excluding hydrogens is 324 g/mol. The van der Waals surface area contributed by atoms with E-state index < -0.39 is 9.84 Å². The van der Waals surface area contributed by atoms with Crippen LogP contribution in [0.3, 0.4) is 0 Å². The van der Waals surface area contributed by atoms with Crippen LogP contribution in [0.5, 0.6) is 0 Å². The van der Waals surface area contributed by atoms with E-state index in [1.165, 1.54) is 32.1 Å². The summed E-state index contributed by atoms with van der Waals surface area (Å²) in [5.74, 6) is 3.87. The Morgan fingerprint density at radius 1 is 1.00 bits per heavy atom. The van der Waals surface area contributed by atoms with Gasteiger partial charge in [-0.1, -0.05) is 0 Å². The van der Waals surface area contributed by atoms with Gasteiger partial charge >= 0.3 is 0 Å². The molecule has 0 N–H and O–H groups in total. The van der Waals surface area contributed by atoms with E-state index in [0.717, 1.165) is 11.8 Å². The van der Waals surface area contributed by atoms with Gasteiger partial charge in [0.1, 0.15) is 0 Å². The molecule has 5 aliphatic rings. The van der Waals surface area contributed by atoms with Crippen LogP contribution in [0.25, 0.3) is 0 Å². The van der Waals surface area contributed by atoms with Crippen LogP contribution in [0.1, 0.15) is 38.5 Å². The minimum absolute atomic E-state index is 0.00542. The van der Waals surface area contributed by atoms with Crippen LogP contribution in [-0.4, -0.2) is 68.4 Å². The van der Waals surface area contributed by atoms with E-state index >= 15 is 0 Å². The Kier molecular flexibility index (Phi) is 4.19. The third kappa shape index (κ3) is 3.00. The van der Waals surface area contributed by atoms with E-state index in [0.29, 0.717) is 30.8 Å². The van der Waals surface area contributed by atoms with Crippen molar-refractivity contribution in [1.82, 2.24) is 9.80 Å². The summed E-state index contributed by atoms with van der Waals surface area (Å²) in [5.41, 5.74) is 0. The Morgan fingerprint density at radius 3 is 2.08 bits per heavy atom. The Balaban J connectivity index is 1.38. The summed E-state index contributed by atoms with van der Waals surface area (Å²) in [4.78, 5) is 16.8. The molecule has 6 heteroatoms. The molecule has 1 unspecified atom stereocenters. The molecule has 0 aromatic rings. The highest BCUT2D eigenvalue weighted by Crippen LogP contribution is 2.54. The number of hydrogen-bond acceptors (Lipinski definition) is 4. The molecule has 1 amide bonds. The minimum atomic E-state index is -2.90. The number of carbonyl (C=O) groups is 1. The number of hydrogen-bond donors (Lipinski definition) is 0. The van der Waals surface area contributed by atoms with Gasteiger partial charge < -0.3 is 4.90 Å². The van der Waals surface area contributed by atoms with E-state index in [2.05, 4.69) is 0 Å². The van der Waals surface area contributed by atoms with Crippen LogP contribution >= 0.6 is 0 Å². The van der Waals surface area contributed by atoms with Gasteiger partial charge in [-0.3, -0.25) is 9.69 Å². The van der Waals surface area contributed by atoms with Gasteiger partial charge in [-0.2, -0.15) is 0 Å². The first-order chi connectivity index (χ1) is 11.3. The second-order valence-corrected chi connectivity index (χ2v) is 11.1. The van der Waals surface area contributed by atoms with Crippen molar-refractivity contribution in [2.75, 3.05) is 32.1 Å². The number of carbonyl (C=O) groups excluding carboxylic acids is 1. The van der Waals surface area contributed by atoms with Crippen molar-refractivity contribution in [3.8, 4) is 0 Å². The van der Waals surface area contributed by atoms with Crippen molar-refractivity contribution < 1.29 is 13.2 Å². The average Bonchev–Trinajstić information content (AvgIpc) is 2.86. The number of likely N-dealkylation sites (N-methyl/N-ethyl adjacent to an activating group) is 2. The molecule has 4 bridgehead atoms. The Morgan fingerprint density at radius 2 is 1.58 bits per heavy atom. The maximum atomic E-state index is 12.8. The fourth-order valence-corrected chi connectivity index (χ4v) is 8.08. The summed E-state index contributed by atoms with van der Waals surface area (Å²) < 4.78 is 23.3. The van der Waals surface area contributed by atoms with E-state index in [1.807, 2.05) is 23.9 Å². The highest BCUT2D eigenvalue weighted by atomic mass is 32.2. The normalized spacial score (nSPS) is 42.6. The molecule has 136 valence electrons. The molecule has 0 spiro atoms. The van der Waals surface area contributed by atoms with Crippen molar-refractivity contribution in [3.63, 3.8) is 0 Å². The lowest BCUT2D eigenvalue weighted by Gasteiger charge is -2.56. The highest BCUT2D eigenvalue weighted by Gasteiger charge is 2.50. The zero-order valence-electron chi connectivity index (χ0n) is 14.9. The molecule has 1 aliphatic heterocycles. The monoisotopic (exact) mass is 354 g/mol. The lowest BCUT2D eigenvalue weighted by atomic mass is 9.54. The van der Waals surface area contributed by atoms with E-state index in [4.69, 9.17) is 0 Å². The zero-order valence-corrected chi connectivity index (χ0v) is 15.7. The molecule has 0 radical (unpaired) electrons. The smallest absolute Gasteiger partial charge is 0.236 e. The summed E-state index contributed by atoms with van der Waals surface area (Å²) in [6.07, 6.45) is 7.33. The summed E-state index contributed by atoms with van der Waals surface area (Å²) in [7, 11) is 0.980. The molecule has 1 saturated heterocycles. The maximum absolute atomic E-state index is 12.8. The van der Waals surface area contributed by atoms with E-state index in [1.54, 1.807) is 0 Å². The van der Waals surface area contributed by atoms with Gasteiger partial charge in [0.15, 0.2) is 9.84 Å². The van der Waals surface area contributed by atoms with Crippen LogP contribution < -0.4 is 0 Å². The van der Waals surface area contributed by atoms with Gasteiger partial charge in [0.25, 0.3) is 0 Å². The predicted octanol–water partition coefficient (Wildman–Crippen LogP) is 1.39. The first-order valence-corrected chi connectivity index (χ1v) is 11.3. The lowest BCUT2D eigenvalue weighted by Crippen LogP contribution is -2.57. The zero-order chi connectivity index (χ0) is 17.1. The Bertz CT molecular complexity index is 590. The third-order valence-corrected chi connectivity index (χ3v) is 8.98. The van der Waals surface area contributed by atoms with Gasteiger partial charge in [-0.15, -0.1) is 0 Å². The van der Waals surface area contributed by atoms with Crippen LogP contribution in [0.15, 0.2) is 0 Å². The molecule has 5 rings (SSSR count). The molecule has 4 saturated carbocycles. The van der Waals surface area contributed by atoms with Crippen molar-refractivity contribution >= 4 is 15.7 Å². The van der Waals surface area contributed by atoms with Crippen LogP contribution in [0.4, 0.5) is 0 Å². The predicted molar refractivity (Wildman–Crippen MR) is 93.3 cm³/mol. The molecule has 5 fully saturated rings. The number of nitrogens with zero attached hydrogens (tertiary/aromatic N) is 2. The molecule has 24 heavy (non-hydrogen) atoms. The molecular formula is C18H30N2O3S. The maximum Gasteiger partial charge on any atom is 0.236 e. The topological polar surface area (TPSA) is 57.7 Å². The van der Waals surface area contributed by atoms with Crippen molar-refractivity contribution in [2.24, 2.45) is 23.7 Å². The third-order valence-electron chi connectivity index (χ3n) is 7.23. The van der Waals surface area contributed by atoms with E-state index in [-0.39, 0.29) is 23.5 Å². The van der Waals surface area contributed by atoms with Crippen LogP contribution in [0, 0.1) is 23.7 Å². The van der Waals surface area contributed by atoms with Gasteiger partial charge in [0.2, 0.25) is 5.91 Å². The summed E-state index contributed by atoms with van der Waals surface area (Å²) in [6, 6.07) is 0.428. The fourth-order valence-electron chi connectivity index (χ4n) is 6.27. The fraction of sp³-hybridized carbons (Fsp3) is 0.944. The van der Waals surface area contributed by atoms with Gasteiger partial charge in [0.05, 0.1) is 18.1 Å². The Labute approximate surface area is 145 Å². The first kappa shape index (κ1) is 16.8. The van der Waals surface area contributed by atoms with E-state index in [9.17, 15) is 13.2 Å². The lowest BCUT2D eigenvalue weighted by molar-refractivity contribution is -0.142. The number of amides is 1. The Hall–Kier alpha value is -0.620. The quantitative estimate of drug-likeness (QED) is 0.765. The standard InChI is InChI=1S/C18H30N2O3S/c1-19(16-3-4-24(22,23)11-16)10-17(21)20(2)18-14-6-12-5-13(8-14)9-15(18)7-12/h12-16,18H,3-11H2,1-2H3. The molecule has 0 aromatic heterocycles. The van der Waals surface area contributed by atoms with Gasteiger partial charge in [-0.25, -0.2) is 8.42 Å². The number of sulfone groups is 1. The summed E-state index contributed by atoms with van der Waals surface area (Å²) in [5, 5.41) is 0. The second kappa shape index (κ2) is 5.97. The summed E-state index contributed by atoms with van der Waals surface area (Å²) >= 11 is 0.